The third-order valence-corrected chi connectivity index (χ3v) is 1.31. The van der Waals surface area contributed by atoms with Crippen LogP contribution in [0.2, 0.25) is 0 Å². The molecule has 0 unspecified atom stereocenters. The van der Waals surface area contributed by atoms with Crippen molar-refractivity contribution in [3.63, 3.8) is 0 Å². The van der Waals surface area contributed by atoms with E-state index >= 15 is 0 Å². The van der Waals surface area contributed by atoms with Crippen molar-refractivity contribution < 1.29 is 9.13 Å². The van der Waals surface area contributed by atoms with Crippen LogP contribution in [0.5, 0.6) is 0 Å². The van der Waals surface area contributed by atoms with Gasteiger partial charge in [0.2, 0.25) is 0 Å². The largest absolute Gasteiger partial charge is 0.495 e. The molecule has 0 aromatic heterocycles. The van der Waals surface area contributed by atoms with Gasteiger partial charge < -0.3 is 4.74 Å². The lowest BCUT2D eigenvalue weighted by molar-refractivity contribution is 0.142. The smallest absolute Gasteiger partial charge is 0.104 e. The molecule has 1 nitrogen and oxygen atoms in total. The minimum atomic E-state index is -0.180. The van der Waals surface area contributed by atoms with E-state index in [1.807, 2.05) is 13.8 Å². The van der Waals surface area contributed by atoms with Crippen molar-refractivity contribution in [1.29, 1.82) is 0 Å². The summed E-state index contributed by atoms with van der Waals surface area (Å²) in [6, 6.07) is 0. The lowest BCUT2D eigenvalue weighted by Crippen LogP contribution is -2.04. The van der Waals surface area contributed by atoms with Crippen molar-refractivity contribution in [3.05, 3.63) is 30.2 Å². The van der Waals surface area contributed by atoms with E-state index in [9.17, 15) is 4.39 Å². The Kier molecular flexibility index (Phi) is 2.69. The van der Waals surface area contributed by atoms with Gasteiger partial charge in [-0.05, 0) is 26.0 Å². The average molecular weight is 155 g/mol. The quantitative estimate of drug-likeness (QED) is 0.595. The molecule has 0 bridgehead atoms. The summed E-state index contributed by atoms with van der Waals surface area (Å²) in [5.41, 5.74) is 0. The molecule has 0 amide bonds. The highest BCUT2D eigenvalue weighted by Crippen LogP contribution is 2.19. The molecule has 0 aliphatic heterocycles. The molecule has 0 heterocycles. The van der Waals surface area contributed by atoms with Crippen LogP contribution in [0.1, 0.15) is 20.3 Å². The van der Waals surface area contributed by atoms with Gasteiger partial charge in [-0.3, -0.25) is 0 Å². The van der Waals surface area contributed by atoms with E-state index in [1.54, 1.807) is 6.08 Å². The highest BCUT2D eigenvalue weighted by atomic mass is 19.1. The topological polar surface area (TPSA) is 9.23 Å². The Morgan fingerprint density at radius 1 is 1.45 bits per heavy atom. The molecule has 0 saturated heterocycles. The molecule has 1 rings (SSSR count). The van der Waals surface area contributed by atoms with Crippen LogP contribution in [-0.2, 0) is 4.74 Å². The molecule has 11 heavy (non-hydrogen) atoms. The third-order valence-electron chi connectivity index (χ3n) is 1.31. The van der Waals surface area contributed by atoms with E-state index in [0.717, 1.165) is 5.76 Å². The zero-order valence-corrected chi connectivity index (χ0v) is 6.80. The van der Waals surface area contributed by atoms with Gasteiger partial charge in [-0.2, -0.15) is 0 Å². The standard InChI is InChI=1S/C9H12FO/c1-7(2)11-9-5-3-8(10)4-6-9/h3-5,7H,6H2,1-2H3. The SMILES string of the molecule is CC(C)OC1=CC=C(F)[CH]C1. The van der Waals surface area contributed by atoms with Crippen LogP contribution in [0.4, 0.5) is 4.39 Å². The van der Waals surface area contributed by atoms with E-state index in [-0.39, 0.29) is 11.9 Å². The summed E-state index contributed by atoms with van der Waals surface area (Å²) in [5, 5.41) is 0. The highest BCUT2D eigenvalue weighted by molar-refractivity contribution is 5.24. The van der Waals surface area contributed by atoms with Crippen molar-refractivity contribution in [2.45, 2.75) is 26.4 Å². The van der Waals surface area contributed by atoms with Crippen molar-refractivity contribution in [1.82, 2.24) is 0 Å². The molecule has 0 N–H and O–H groups in total. The fourth-order valence-electron chi connectivity index (χ4n) is 0.897. The Morgan fingerprint density at radius 2 is 2.18 bits per heavy atom. The summed E-state index contributed by atoms with van der Waals surface area (Å²) in [6.45, 7) is 3.91. The maximum Gasteiger partial charge on any atom is 0.104 e. The van der Waals surface area contributed by atoms with Gasteiger partial charge in [0.1, 0.15) is 5.83 Å². The van der Waals surface area contributed by atoms with E-state index in [2.05, 4.69) is 0 Å². The molecule has 0 atom stereocenters. The Morgan fingerprint density at radius 3 is 2.64 bits per heavy atom. The molecule has 1 radical (unpaired) electrons. The third kappa shape index (κ3) is 2.74. The van der Waals surface area contributed by atoms with Crippen LogP contribution in [0.25, 0.3) is 0 Å². The van der Waals surface area contributed by atoms with E-state index in [0.29, 0.717) is 6.42 Å². The summed E-state index contributed by atoms with van der Waals surface area (Å²) < 4.78 is 17.8. The van der Waals surface area contributed by atoms with Gasteiger partial charge >= 0.3 is 0 Å². The number of halogens is 1. The fourth-order valence-corrected chi connectivity index (χ4v) is 0.897. The molecule has 0 fully saturated rings. The summed E-state index contributed by atoms with van der Waals surface area (Å²) in [7, 11) is 0. The summed E-state index contributed by atoms with van der Waals surface area (Å²) >= 11 is 0. The Labute approximate surface area is 66.6 Å². The first-order chi connectivity index (χ1) is 5.18. The monoisotopic (exact) mass is 155 g/mol. The van der Waals surface area contributed by atoms with Gasteiger partial charge in [-0.25, -0.2) is 4.39 Å². The second-order valence-corrected chi connectivity index (χ2v) is 2.76. The second kappa shape index (κ2) is 3.56. The normalized spacial score (nSPS) is 17.8. The first-order valence-corrected chi connectivity index (χ1v) is 3.74. The van der Waals surface area contributed by atoms with Crippen molar-refractivity contribution in [3.8, 4) is 0 Å². The molecule has 0 aromatic carbocycles. The molecule has 0 spiro atoms. The number of ether oxygens (including phenoxy) is 1. The predicted octanol–water partition coefficient (Wildman–Crippen LogP) is 2.76. The first kappa shape index (κ1) is 8.31. The Hall–Kier alpha value is -0.790. The molecule has 0 saturated carbocycles. The minimum absolute atomic E-state index is 0.171. The van der Waals surface area contributed by atoms with Gasteiger partial charge in [-0.1, -0.05) is 0 Å². The molecule has 1 aliphatic carbocycles. The second-order valence-electron chi connectivity index (χ2n) is 2.76. The first-order valence-electron chi connectivity index (χ1n) is 3.74. The lowest BCUT2D eigenvalue weighted by atomic mass is 10.1. The zero-order valence-electron chi connectivity index (χ0n) is 6.80. The molecule has 1 aliphatic rings. The van der Waals surface area contributed by atoms with Crippen LogP contribution >= 0.6 is 0 Å². The van der Waals surface area contributed by atoms with Gasteiger partial charge in [0.15, 0.2) is 0 Å². The molecular formula is C9H12FO. The van der Waals surface area contributed by atoms with Crippen LogP contribution in [0, 0.1) is 6.42 Å². The van der Waals surface area contributed by atoms with Crippen molar-refractivity contribution in [2.24, 2.45) is 0 Å². The molecular weight excluding hydrogens is 143 g/mol. The average Bonchev–Trinajstić information content (AvgIpc) is 1.93. The van der Waals surface area contributed by atoms with Gasteiger partial charge in [0, 0.05) is 12.8 Å². The Balaban J connectivity index is 2.48. The maximum absolute atomic E-state index is 12.4. The number of rotatable bonds is 2. The van der Waals surface area contributed by atoms with Gasteiger partial charge in [0.25, 0.3) is 0 Å². The van der Waals surface area contributed by atoms with Crippen molar-refractivity contribution in [2.75, 3.05) is 0 Å². The van der Waals surface area contributed by atoms with E-state index in [4.69, 9.17) is 4.74 Å². The number of hydrogen-bond acceptors (Lipinski definition) is 1. The fraction of sp³-hybridized carbons (Fsp3) is 0.444. The summed E-state index contributed by atoms with van der Waals surface area (Å²) in [6.07, 6.45) is 5.35. The van der Waals surface area contributed by atoms with Gasteiger partial charge in [-0.15, -0.1) is 0 Å². The lowest BCUT2D eigenvalue weighted by Gasteiger charge is -2.14. The van der Waals surface area contributed by atoms with Crippen LogP contribution in [0.15, 0.2) is 23.7 Å². The maximum atomic E-state index is 12.4. The predicted molar refractivity (Wildman–Crippen MR) is 42.4 cm³/mol. The highest BCUT2D eigenvalue weighted by Gasteiger charge is 2.07. The van der Waals surface area contributed by atoms with E-state index < -0.39 is 0 Å². The van der Waals surface area contributed by atoms with Crippen molar-refractivity contribution >= 4 is 0 Å². The van der Waals surface area contributed by atoms with Crippen LogP contribution in [0.3, 0.4) is 0 Å². The zero-order chi connectivity index (χ0) is 8.27. The number of allylic oxidation sites excluding steroid dienone is 4. The molecule has 61 valence electrons. The number of hydrogen-bond donors (Lipinski definition) is 0. The van der Waals surface area contributed by atoms with Gasteiger partial charge in [0.05, 0.1) is 11.9 Å². The minimum Gasteiger partial charge on any atom is -0.495 e. The molecule has 0 aromatic rings. The van der Waals surface area contributed by atoms with E-state index in [1.165, 1.54) is 12.5 Å². The summed E-state index contributed by atoms with van der Waals surface area (Å²) in [4.78, 5) is 0. The van der Waals surface area contributed by atoms with Crippen LogP contribution < -0.4 is 0 Å². The Bertz CT molecular complexity index is 192. The molecule has 2 heteroatoms. The summed E-state index contributed by atoms with van der Waals surface area (Å²) in [5.74, 6) is 0.655. The van der Waals surface area contributed by atoms with Crippen LogP contribution in [-0.4, -0.2) is 6.10 Å².